The van der Waals surface area contributed by atoms with Gasteiger partial charge in [-0.1, -0.05) is 12.2 Å². The van der Waals surface area contributed by atoms with Crippen LogP contribution in [0.1, 0.15) is 0 Å². The van der Waals surface area contributed by atoms with Crippen molar-refractivity contribution >= 4 is 46.2 Å². The van der Waals surface area contributed by atoms with Crippen LogP contribution in [0.15, 0.2) is 0 Å². The van der Waals surface area contributed by atoms with Gasteiger partial charge in [-0.25, -0.2) is 0 Å². The zero-order valence-corrected chi connectivity index (χ0v) is 6.24. The molecule has 0 aromatic carbocycles. The Balaban J connectivity index is 0. The third-order valence-corrected chi connectivity index (χ3v) is 0. The number of nitrogens with two attached hydrogens (primary N) is 1. The van der Waals surface area contributed by atoms with Crippen LogP contribution < -0.4 is 5.73 Å². The minimum absolute atomic E-state index is 0. The van der Waals surface area contributed by atoms with Crippen LogP contribution in [0.5, 0.6) is 0 Å². The fourth-order valence-electron chi connectivity index (χ4n) is 0. The molecule has 1 nitrogen and oxygen atoms in total. The molecule has 0 fully saturated rings. The third-order valence-electron chi connectivity index (χ3n) is 0. The summed E-state index contributed by atoms with van der Waals surface area (Å²) in [7, 11) is 0. The molecule has 0 radical (unpaired) electrons. The van der Waals surface area contributed by atoms with Gasteiger partial charge < -0.3 is 5.73 Å². The van der Waals surface area contributed by atoms with E-state index in [2.05, 4.69) is 24.8 Å². The predicted octanol–water partition coefficient (Wildman–Crippen LogP) is -0.756. The molecule has 0 heterocycles. The Hall–Kier alpha value is 0.759. The molecule has 0 aromatic heterocycles. The maximum absolute atomic E-state index is 4.71. The molecule has 4 heteroatoms. The zero-order chi connectivity index (χ0) is 3.58. The van der Waals surface area contributed by atoms with Crippen molar-refractivity contribution in [2.45, 2.75) is 0 Å². The normalized spacial score (nSPS) is 5.00. The van der Waals surface area contributed by atoms with Crippen molar-refractivity contribution in [3.8, 4) is 0 Å². The minimum atomic E-state index is 0. The van der Waals surface area contributed by atoms with Gasteiger partial charge in [-0.15, -0.1) is 12.6 Å². The summed E-state index contributed by atoms with van der Waals surface area (Å²) < 4.78 is 0.194. The molecule has 0 bridgehead atoms. The second-order valence-corrected chi connectivity index (χ2v) is 1.56. The first-order chi connectivity index (χ1) is 1.73. The third kappa shape index (κ3) is 62.8. The Labute approximate surface area is 52.2 Å². The molecule has 2 N–H and O–H groups in total. The quantitative estimate of drug-likeness (QED) is 0.287. The first-order valence-corrected chi connectivity index (χ1v) is 1.57. The molecule has 0 aliphatic carbocycles. The van der Waals surface area contributed by atoms with Crippen molar-refractivity contribution in [1.82, 2.24) is 0 Å². The fourth-order valence-corrected chi connectivity index (χ4v) is 0. The summed E-state index contributed by atoms with van der Waals surface area (Å²) >= 11 is 7.65. The summed E-state index contributed by atoms with van der Waals surface area (Å²) in [5.74, 6) is 0. The van der Waals surface area contributed by atoms with E-state index in [1.165, 1.54) is 0 Å². The summed E-state index contributed by atoms with van der Waals surface area (Å²) in [5, 5.41) is 0. The molecule has 0 aromatic rings. The molecule has 0 spiro atoms. The monoisotopic (exact) mass is 175 g/mol. The van der Waals surface area contributed by atoms with Crippen LogP contribution in [-0.4, -0.2) is 21.4 Å². The average molecular weight is 174 g/mol. The SMILES string of the molecule is NC(=S)S.[SeH2]. The van der Waals surface area contributed by atoms with E-state index in [1.807, 2.05) is 0 Å². The van der Waals surface area contributed by atoms with E-state index >= 15 is 0 Å². The van der Waals surface area contributed by atoms with Crippen molar-refractivity contribution < 1.29 is 0 Å². The number of hydrogen-bond acceptors (Lipinski definition) is 1. The van der Waals surface area contributed by atoms with Crippen LogP contribution in [0.25, 0.3) is 0 Å². The van der Waals surface area contributed by atoms with E-state index in [4.69, 9.17) is 5.73 Å². The molecule has 0 rings (SSSR count). The molecule has 0 saturated heterocycles. The van der Waals surface area contributed by atoms with Crippen LogP contribution in [0.3, 0.4) is 0 Å². The van der Waals surface area contributed by atoms with E-state index in [0.29, 0.717) is 0 Å². The first kappa shape index (κ1) is 9.23. The number of rotatable bonds is 0. The van der Waals surface area contributed by atoms with E-state index < -0.39 is 0 Å². The second-order valence-electron chi connectivity index (χ2n) is 0.338. The van der Waals surface area contributed by atoms with Gasteiger partial charge in [0, 0.05) is 0 Å². The van der Waals surface area contributed by atoms with Crippen molar-refractivity contribution in [3.05, 3.63) is 0 Å². The van der Waals surface area contributed by atoms with Gasteiger partial charge in [0.05, 0.1) is 0 Å². The van der Waals surface area contributed by atoms with Gasteiger partial charge in [0.25, 0.3) is 0 Å². The Morgan fingerprint density at radius 1 is 1.80 bits per heavy atom. The van der Waals surface area contributed by atoms with E-state index in [1.54, 1.807) is 0 Å². The molecular weight excluding hydrogens is 169 g/mol. The molecule has 0 aliphatic rings. The molecule has 0 amide bonds. The van der Waals surface area contributed by atoms with Crippen molar-refractivity contribution in [2.24, 2.45) is 5.73 Å². The molecule has 0 aliphatic heterocycles. The topological polar surface area (TPSA) is 26.0 Å². The Bertz CT molecular complexity index is 32.6. The summed E-state index contributed by atoms with van der Waals surface area (Å²) in [6.07, 6.45) is 0. The van der Waals surface area contributed by atoms with Crippen LogP contribution in [0.2, 0.25) is 0 Å². The van der Waals surface area contributed by atoms with Gasteiger partial charge in [0.2, 0.25) is 0 Å². The number of thiol groups is 1. The van der Waals surface area contributed by atoms with Gasteiger partial charge in [0.1, 0.15) is 4.32 Å². The average Bonchev–Trinajstić information content (AvgIpc) is 0.811. The zero-order valence-electron chi connectivity index (χ0n) is 2.43. The summed E-state index contributed by atoms with van der Waals surface area (Å²) in [4.78, 5) is 0. The van der Waals surface area contributed by atoms with Crippen LogP contribution in [-0.2, 0) is 0 Å². The maximum atomic E-state index is 4.71. The van der Waals surface area contributed by atoms with Gasteiger partial charge in [-0.2, -0.15) is 0 Å². The van der Waals surface area contributed by atoms with Gasteiger partial charge in [0.15, 0.2) is 0 Å². The van der Waals surface area contributed by atoms with Gasteiger partial charge in [-0.3, -0.25) is 0 Å². The Morgan fingerprint density at radius 2 is 1.80 bits per heavy atom. The van der Waals surface area contributed by atoms with E-state index in [0.717, 1.165) is 0 Å². The van der Waals surface area contributed by atoms with Crippen molar-refractivity contribution in [1.29, 1.82) is 0 Å². The summed E-state index contributed by atoms with van der Waals surface area (Å²) in [6.45, 7) is 0. The number of thiocarbonyl (C=S) groups is 1. The molecule has 32 valence electrons. The Kier molecular flexibility index (Phi) is 8.79. The van der Waals surface area contributed by atoms with Crippen LogP contribution in [0.4, 0.5) is 0 Å². The fraction of sp³-hybridized carbons (Fsp3) is 0. The molecule has 0 unspecified atom stereocenters. The summed E-state index contributed by atoms with van der Waals surface area (Å²) in [6, 6.07) is 0. The van der Waals surface area contributed by atoms with E-state index in [9.17, 15) is 0 Å². The van der Waals surface area contributed by atoms with Gasteiger partial charge in [-0.05, 0) is 0 Å². The van der Waals surface area contributed by atoms with Crippen LogP contribution >= 0.6 is 24.8 Å². The molecular formula is CH5NS2Se. The van der Waals surface area contributed by atoms with Crippen molar-refractivity contribution in [2.75, 3.05) is 0 Å². The Morgan fingerprint density at radius 3 is 1.80 bits per heavy atom. The van der Waals surface area contributed by atoms with Crippen LogP contribution in [0, 0.1) is 0 Å². The second kappa shape index (κ2) is 4.76. The first-order valence-electron chi connectivity index (χ1n) is 0.716. The molecule has 0 saturated carbocycles. The van der Waals surface area contributed by atoms with E-state index in [-0.39, 0.29) is 21.4 Å². The number of hydrogen-bond donors (Lipinski definition) is 2. The van der Waals surface area contributed by atoms with Gasteiger partial charge >= 0.3 is 17.1 Å². The predicted molar refractivity (Wildman–Crippen MR) is 34.3 cm³/mol. The standard InChI is InChI=1S/CH3NS2.H2Se/c2-1(3)4;/h(H3,2,3,4);1H2. The molecule has 0 atom stereocenters. The summed E-state index contributed by atoms with van der Waals surface area (Å²) in [5.41, 5.74) is 4.71. The molecule has 5 heavy (non-hydrogen) atoms. The van der Waals surface area contributed by atoms with Crippen molar-refractivity contribution in [3.63, 3.8) is 0 Å².